The van der Waals surface area contributed by atoms with Gasteiger partial charge in [0, 0.05) is 11.4 Å². The molecule has 0 radical (unpaired) electrons. The number of fused-ring (bicyclic) bond motifs is 1. The van der Waals surface area contributed by atoms with Crippen molar-refractivity contribution in [3.63, 3.8) is 0 Å². The molecule has 1 unspecified atom stereocenters. The number of carbonyl (C=O) groups excluding carboxylic acids is 2. The zero-order valence-electron chi connectivity index (χ0n) is 11.2. The number of carbonyl (C=O) groups is 2. The van der Waals surface area contributed by atoms with E-state index in [1.165, 1.54) is 16.2 Å². The second-order valence-corrected chi connectivity index (χ2v) is 5.77. The molecule has 3 nitrogen and oxygen atoms in total. The van der Waals surface area contributed by atoms with Crippen molar-refractivity contribution in [1.82, 2.24) is 4.90 Å². The summed E-state index contributed by atoms with van der Waals surface area (Å²) in [5.74, 6) is 5.36. The number of hydrogen-bond acceptors (Lipinski definition) is 3. The third-order valence-corrected chi connectivity index (χ3v) is 4.13. The summed E-state index contributed by atoms with van der Waals surface area (Å²) in [7, 11) is 0. The highest BCUT2D eigenvalue weighted by atomic mass is 32.1. The third kappa shape index (κ3) is 2.11. The van der Waals surface area contributed by atoms with Crippen LogP contribution in [0.25, 0.3) is 0 Å². The second kappa shape index (κ2) is 5.02. The number of hydrogen-bond donors (Lipinski definition) is 0. The standard InChI is InChI=1S/C15H15NO2S/c1-5-7-11-13-12(10(4)19-11)14(17)16(15(13)18)8-9(3)6-2/h6,9H,2,8H2,1,3-4H3. The fourth-order valence-electron chi connectivity index (χ4n) is 2.10. The quantitative estimate of drug-likeness (QED) is 0.482. The highest BCUT2D eigenvalue weighted by Crippen LogP contribution is 2.35. The molecular weight excluding hydrogens is 258 g/mol. The van der Waals surface area contributed by atoms with Gasteiger partial charge in [-0.25, -0.2) is 0 Å². The van der Waals surface area contributed by atoms with Crippen LogP contribution in [0.2, 0.25) is 0 Å². The molecule has 0 aromatic carbocycles. The molecule has 0 N–H and O–H groups in total. The second-order valence-electron chi connectivity index (χ2n) is 4.55. The van der Waals surface area contributed by atoms with Crippen LogP contribution in [-0.2, 0) is 0 Å². The van der Waals surface area contributed by atoms with Gasteiger partial charge >= 0.3 is 0 Å². The minimum atomic E-state index is -0.226. The molecular formula is C15H15NO2S. The molecule has 98 valence electrons. The van der Waals surface area contributed by atoms with Gasteiger partial charge in [0.05, 0.1) is 16.0 Å². The largest absolute Gasteiger partial charge is 0.274 e. The lowest BCUT2D eigenvalue weighted by molar-refractivity contribution is 0.0641. The van der Waals surface area contributed by atoms with Crippen LogP contribution >= 0.6 is 11.3 Å². The average Bonchev–Trinajstić information content (AvgIpc) is 2.82. The molecule has 0 saturated heterocycles. The first-order chi connectivity index (χ1) is 9.01. The van der Waals surface area contributed by atoms with Crippen LogP contribution in [0.1, 0.15) is 44.3 Å². The van der Waals surface area contributed by atoms with Crippen LogP contribution < -0.4 is 0 Å². The molecule has 4 heteroatoms. The number of imide groups is 1. The summed E-state index contributed by atoms with van der Waals surface area (Å²) in [4.78, 5) is 27.6. The zero-order valence-corrected chi connectivity index (χ0v) is 12.1. The summed E-state index contributed by atoms with van der Waals surface area (Å²) in [6.07, 6.45) is 1.74. The van der Waals surface area contributed by atoms with Gasteiger partial charge in [-0.3, -0.25) is 14.5 Å². The molecule has 0 fully saturated rings. The Hall–Kier alpha value is -1.86. The van der Waals surface area contributed by atoms with E-state index in [0.717, 1.165) is 4.88 Å². The zero-order chi connectivity index (χ0) is 14.2. The van der Waals surface area contributed by atoms with Crippen molar-refractivity contribution >= 4 is 23.2 Å². The average molecular weight is 273 g/mol. The van der Waals surface area contributed by atoms with Gasteiger partial charge in [-0.2, -0.15) is 0 Å². The highest BCUT2D eigenvalue weighted by molar-refractivity contribution is 7.13. The molecule has 19 heavy (non-hydrogen) atoms. The number of thiophene rings is 1. The maximum Gasteiger partial charge on any atom is 0.263 e. The minimum Gasteiger partial charge on any atom is -0.274 e. The lowest BCUT2D eigenvalue weighted by Crippen LogP contribution is -2.33. The van der Waals surface area contributed by atoms with E-state index in [1.807, 2.05) is 13.8 Å². The molecule has 2 rings (SSSR count). The van der Waals surface area contributed by atoms with E-state index in [0.29, 0.717) is 22.5 Å². The minimum absolute atomic E-state index is 0.0848. The van der Waals surface area contributed by atoms with Crippen molar-refractivity contribution < 1.29 is 9.59 Å². The lowest BCUT2D eigenvalue weighted by Gasteiger charge is -2.17. The Morgan fingerprint density at radius 1 is 1.37 bits per heavy atom. The monoisotopic (exact) mass is 273 g/mol. The maximum absolute atomic E-state index is 12.4. The van der Waals surface area contributed by atoms with E-state index in [-0.39, 0.29) is 17.7 Å². The van der Waals surface area contributed by atoms with Crippen LogP contribution in [-0.4, -0.2) is 23.3 Å². The van der Waals surface area contributed by atoms with Crippen molar-refractivity contribution in [3.05, 3.63) is 33.5 Å². The Morgan fingerprint density at radius 3 is 2.58 bits per heavy atom. The van der Waals surface area contributed by atoms with Gasteiger partial charge < -0.3 is 0 Å². The van der Waals surface area contributed by atoms with Crippen LogP contribution in [0, 0.1) is 24.7 Å². The first kappa shape index (κ1) is 13.6. The predicted molar refractivity (Wildman–Crippen MR) is 76.3 cm³/mol. The Balaban J connectivity index is 2.46. The van der Waals surface area contributed by atoms with E-state index in [4.69, 9.17) is 0 Å². The van der Waals surface area contributed by atoms with Crippen molar-refractivity contribution in [2.24, 2.45) is 5.92 Å². The fourth-order valence-corrected chi connectivity index (χ4v) is 3.14. The summed E-state index contributed by atoms with van der Waals surface area (Å²) < 4.78 is 0. The summed E-state index contributed by atoms with van der Waals surface area (Å²) in [5.41, 5.74) is 1.02. The summed E-state index contributed by atoms with van der Waals surface area (Å²) in [6.45, 7) is 9.57. The van der Waals surface area contributed by atoms with Crippen molar-refractivity contribution in [3.8, 4) is 11.8 Å². The Morgan fingerprint density at radius 2 is 2.00 bits per heavy atom. The molecule has 2 heterocycles. The van der Waals surface area contributed by atoms with Gasteiger partial charge in [0.25, 0.3) is 11.8 Å². The van der Waals surface area contributed by atoms with Gasteiger partial charge in [0.2, 0.25) is 0 Å². The number of amides is 2. The van der Waals surface area contributed by atoms with Gasteiger partial charge in [0.15, 0.2) is 0 Å². The Kier molecular flexibility index (Phi) is 3.59. The molecule has 0 aliphatic carbocycles. The Bertz CT molecular complexity index is 631. The maximum atomic E-state index is 12.4. The molecule has 2 amide bonds. The number of rotatable bonds is 3. The third-order valence-electron chi connectivity index (χ3n) is 3.11. The van der Waals surface area contributed by atoms with E-state index >= 15 is 0 Å². The highest BCUT2D eigenvalue weighted by Gasteiger charge is 2.40. The van der Waals surface area contributed by atoms with E-state index in [9.17, 15) is 9.59 Å². The molecule has 1 aliphatic rings. The SMILES string of the molecule is C=CC(C)CN1C(=O)c2c(C)sc(C#CC)c2C1=O. The molecule has 0 bridgehead atoms. The molecule has 0 saturated carbocycles. The Labute approximate surface area is 116 Å². The number of aryl methyl sites for hydroxylation is 1. The van der Waals surface area contributed by atoms with Gasteiger partial charge in [-0.05, 0) is 19.8 Å². The van der Waals surface area contributed by atoms with Crippen LogP contribution in [0.5, 0.6) is 0 Å². The number of nitrogens with zero attached hydrogens (tertiary/aromatic N) is 1. The smallest absolute Gasteiger partial charge is 0.263 e. The summed E-state index contributed by atoms with van der Waals surface area (Å²) in [6, 6.07) is 0. The molecule has 1 aromatic rings. The summed E-state index contributed by atoms with van der Waals surface area (Å²) >= 11 is 1.41. The van der Waals surface area contributed by atoms with Crippen molar-refractivity contribution in [2.75, 3.05) is 6.54 Å². The summed E-state index contributed by atoms with van der Waals surface area (Å²) in [5, 5.41) is 0. The predicted octanol–water partition coefficient (Wildman–Crippen LogP) is 2.85. The lowest BCUT2D eigenvalue weighted by atomic mass is 10.1. The molecule has 1 atom stereocenters. The van der Waals surface area contributed by atoms with Crippen LogP contribution in [0.4, 0.5) is 0 Å². The molecule has 1 aliphatic heterocycles. The van der Waals surface area contributed by atoms with Crippen LogP contribution in [0.3, 0.4) is 0 Å². The normalized spacial score (nSPS) is 15.0. The first-order valence-corrected chi connectivity index (χ1v) is 6.87. The van der Waals surface area contributed by atoms with Crippen molar-refractivity contribution in [2.45, 2.75) is 20.8 Å². The van der Waals surface area contributed by atoms with Crippen LogP contribution in [0.15, 0.2) is 12.7 Å². The molecule has 1 aromatic heterocycles. The molecule has 0 spiro atoms. The van der Waals surface area contributed by atoms with Gasteiger partial charge in [-0.15, -0.1) is 23.8 Å². The van der Waals surface area contributed by atoms with E-state index in [1.54, 1.807) is 13.0 Å². The topological polar surface area (TPSA) is 37.4 Å². The van der Waals surface area contributed by atoms with Gasteiger partial charge in [0.1, 0.15) is 0 Å². The van der Waals surface area contributed by atoms with E-state index in [2.05, 4.69) is 18.4 Å². The first-order valence-electron chi connectivity index (χ1n) is 6.06. The van der Waals surface area contributed by atoms with Gasteiger partial charge in [-0.1, -0.05) is 18.9 Å². The van der Waals surface area contributed by atoms with E-state index < -0.39 is 0 Å². The van der Waals surface area contributed by atoms with Crippen molar-refractivity contribution in [1.29, 1.82) is 0 Å². The fraction of sp³-hybridized carbons (Fsp3) is 0.333.